The van der Waals surface area contributed by atoms with Crippen molar-refractivity contribution in [1.29, 1.82) is 0 Å². The number of pyridine rings is 1. The van der Waals surface area contributed by atoms with Crippen LogP contribution in [0.1, 0.15) is 51.6 Å². The molecule has 0 aliphatic carbocycles. The van der Waals surface area contributed by atoms with Crippen LogP contribution in [0.15, 0.2) is 12.3 Å². The lowest BCUT2D eigenvalue weighted by Crippen LogP contribution is -2.41. The molecular weight excluding hydrogens is 355 g/mol. The maximum absolute atomic E-state index is 13.6. The fourth-order valence-electron chi connectivity index (χ4n) is 2.27. The van der Waals surface area contributed by atoms with E-state index in [-0.39, 0.29) is 11.4 Å². The van der Waals surface area contributed by atoms with E-state index in [1.807, 2.05) is 20.8 Å². The molecule has 1 saturated heterocycles. The van der Waals surface area contributed by atoms with Crippen LogP contribution in [0.4, 0.5) is 4.39 Å². The number of rotatable bonds is 6. The largest absolute Gasteiger partial charge is 0.598 e. The molecule has 0 amide bonds. The second-order valence-corrected chi connectivity index (χ2v) is 9.04. The first kappa shape index (κ1) is 19.9. The molecule has 0 saturated carbocycles. The van der Waals surface area contributed by atoms with Crippen molar-refractivity contribution in [3.8, 4) is 0 Å². The predicted octanol–water partition coefficient (Wildman–Crippen LogP) is 3.51. The summed E-state index contributed by atoms with van der Waals surface area (Å²) in [5.41, 5.74) is 0.491. The average Bonchev–Trinajstić information content (AvgIpc) is 2.53. The molecule has 2 heterocycles. The Morgan fingerprint density at radius 1 is 1.46 bits per heavy atom. The van der Waals surface area contributed by atoms with Crippen LogP contribution < -0.4 is 4.72 Å². The van der Waals surface area contributed by atoms with Crippen molar-refractivity contribution in [1.82, 2.24) is 9.71 Å². The normalized spacial score (nSPS) is 19.2. The molecule has 1 aromatic heterocycles. The highest BCUT2D eigenvalue weighted by atomic mass is 35.5. The highest BCUT2D eigenvalue weighted by Gasteiger charge is 2.31. The number of halogens is 2. The van der Waals surface area contributed by atoms with Gasteiger partial charge >= 0.3 is 0 Å². The SMILES string of the molecule is CC(C)(C)[S@@+]([O-])N[C@H](CCC1OCCCO1)c1cc(F)cnc1Cl. The molecule has 0 aromatic carbocycles. The van der Waals surface area contributed by atoms with Gasteiger partial charge in [-0.15, -0.1) is 4.72 Å². The minimum absolute atomic E-state index is 0.199. The van der Waals surface area contributed by atoms with Crippen LogP contribution in [0.3, 0.4) is 0 Å². The molecule has 5 nitrogen and oxygen atoms in total. The van der Waals surface area contributed by atoms with Crippen molar-refractivity contribution in [2.45, 2.75) is 57.1 Å². The summed E-state index contributed by atoms with van der Waals surface area (Å²) in [5, 5.41) is 0.199. The van der Waals surface area contributed by atoms with Gasteiger partial charge in [-0.25, -0.2) is 9.37 Å². The molecule has 0 bridgehead atoms. The number of hydrogen-bond acceptors (Lipinski definition) is 5. The highest BCUT2D eigenvalue weighted by Crippen LogP contribution is 2.29. The van der Waals surface area contributed by atoms with Gasteiger partial charge in [-0.3, -0.25) is 0 Å². The Kier molecular flexibility index (Phi) is 7.27. The standard InChI is InChI=1S/C16H24ClFN2O3S/c1-16(2,3)24(21)20-13(5-6-14-22-7-4-8-23-14)12-9-11(18)10-19-15(12)17/h9-10,13-14,20H,4-8H2,1-3H3/t13-,24-/m1/s1. The van der Waals surface area contributed by atoms with Gasteiger partial charge in [0.05, 0.1) is 25.5 Å². The van der Waals surface area contributed by atoms with Gasteiger partial charge in [-0.1, -0.05) is 11.6 Å². The minimum atomic E-state index is -1.33. The van der Waals surface area contributed by atoms with Gasteiger partial charge in [0.15, 0.2) is 6.29 Å². The summed E-state index contributed by atoms with van der Waals surface area (Å²) >= 11 is 4.80. The van der Waals surface area contributed by atoms with Crippen molar-refractivity contribution in [3.63, 3.8) is 0 Å². The Bertz CT molecular complexity index is 539. The van der Waals surface area contributed by atoms with Crippen molar-refractivity contribution in [3.05, 3.63) is 28.8 Å². The van der Waals surface area contributed by atoms with Crippen molar-refractivity contribution in [2.75, 3.05) is 13.2 Å². The third-order valence-corrected chi connectivity index (χ3v) is 5.53. The molecule has 1 aliphatic heterocycles. The van der Waals surface area contributed by atoms with E-state index in [4.69, 9.17) is 21.1 Å². The lowest BCUT2D eigenvalue weighted by Gasteiger charge is -2.30. The monoisotopic (exact) mass is 378 g/mol. The van der Waals surface area contributed by atoms with Crippen molar-refractivity contribution < 1.29 is 18.4 Å². The Morgan fingerprint density at radius 2 is 2.12 bits per heavy atom. The molecule has 24 heavy (non-hydrogen) atoms. The van der Waals surface area contributed by atoms with Crippen LogP contribution >= 0.6 is 11.6 Å². The summed E-state index contributed by atoms with van der Waals surface area (Å²) < 4.78 is 39.8. The van der Waals surface area contributed by atoms with Gasteiger partial charge in [-0.05, 0) is 39.7 Å². The third-order valence-electron chi connectivity index (χ3n) is 3.60. The molecule has 2 atom stereocenters. The van der Waals surface area contributed by atoms with Crippen LogP contribution in [0, 0.1) is 5.82 Å². The summed E-state index contributed by atoms with van der Waals surface area (Å²) in [4.78, 5) is 3.85. The van der Waals surface area contributed by atoms with E-state index in [2.05, 4.69) is 9.71 Å². The Balaban J connectivity index is 2.12. The fourth-order valence-corrected chi connectivity index (χ4v) is 3.36. The van der Waals surface area contributed by atoms with E-state index in [1.165, 1.54) is 6.07 Å². The lowest BCUT2D eigenvalue weighted by molar-refractivity contribution is -0.182. The number of aromatic nitrogens is 1. The number of nitrogens with zero attached hydrogens (tertiary/aromatic N) is 1. The van der Waals surface area contributed by atoms with Gasteiger partial charge in [0.1, 0.15) is 15.7 Å². The molecule has 0 radical (unpaired) electrons. The molecule has 0 spiro atoms. The van der Waals surface area contributed by atoms with E-state index in [9.17, 15) is 8.94 Å². The van der Waals surface area contributed by atoms with Gasteiger partial charge in [0, 0.05) is 23.3 Å². The van der Waals surface area contributed by atoms with E-state index in [0.29, 0.717) is 31.6 Å². The molecule has 1 aromatic rings. The first-order valence-corrected chi connectivity index (χ1v) is 9.52. The summed E-state index contributed by atoms with van der Waals surface area (Å²) in [5.74, 6) is -0.479. The van der Waals surface area contributed by atoms with Crippen LogP contribution in [-0.4, -0.2) is 33.8 Å². The molecule has 1 fully saturated rings. The summed E-state index contributed by atoms with van der Waals surface area (Å²) in [6.07, 6.45) is 2.78. The smallest absolute Gasteiger partial charge is 0.157 e. The van der Waals surface area contributed by atoms with E-state index in [0.717, 1.165) is 12.6 Å². The topological polar surface area (TPSA) is 66.4 Å². The average molecular weight is 379 g/mol. The molecule has 136 valence electrons. The van der Waals surface area contributed by atoms with Crippen molar-refractivity contribution >= 4 is 23.0 Å². The Hall–Kier alpha value is -0.440. The summed E-state index contributed by atoms with van der Waals surface area (Å²) in [6.45, 7) is 6.93. The van der Waals surface area contributed by atoms with Crippen LogP contribution in [0.25, 0.3) is 0 Å². The van der Waals surface area contributed by atoms with Gasteiger partial charge in [0.25, 0.3) is 0 Å². The number of nitrogens with one attached hydrogen (secondary N) is 1. The Labute approximate surface area is 150 Å². The number of ether oxygens (including phenoxy) is 2. The molecule has 8 heteroatoms. The second-order valence-electron chi connectivity index (χ2n) is 6.69. The zero-order chi connectivity index (χ0) is 17.7. The van der Waals surface area contributed by atoms with E-state index >= 15 is 0 Å². The van der Waals surface area contributed by atoms with Gasteiger partial charge in [0.2, 0.25) is 0 Å². The quantitative estimate of drug-likeness (QED) is 0.606. The first-order valence-electron chi connectivity index (χ1n) is 7.99. The third kappa shape index (κ3) is 5.82. The molecule has 0 unspecified atom stereocenters. The van der Waals surface area contributed by atoms with Crippen LogP contribution in [-0.2, 0) is 20.8 Å². The molecule has 2 rings (SSSR count). The predicted molar refractivity (Wildman–Crippen MR) is 92.5 cm³/mol. The van der Waals surface area contributed by atoms with E-state index < -0.39 is 28.0 Å². The highest BCUT2D eigenvalue weighted by molar-refractivity contribution is 7.90. The Morgan fingerprint density at radius 3 is 2.75 bits per heavy atom. The minimum Gasteiger partial charge on any atom is -0.598 e. The van der Waals surface area contributed by atoms with Crippen molar-refractivity contribution in [2.24, 2.45) is 0 Å². The zero-order valence-corrected chi connectivity index (χ0v) is 15.8. The fraction of sp³-hybridized carbons (Fsp3) is 0.688. The number of hydrogen-bond donors (Lipinski definition) is 1. The summed E-state index contributed by atoms with van der Waals surface area (Å²) in [7, 11) is 0. The molecule has 1 aliphatic rings. The van der Waals surface area contributed by atoms with Crippen LogP contribution in [0.2, 0.25) is 5.15 Å². The van der Waals surface area contributed by atoms with Gasteiger partial charge < -0.3 is 14.0 Å². The van der Waals surface area contributed by atoms with Gasteiger partial charge in [-0.2, -0.15) is 0 Å². The van der Waals surface area contributed by atoms with Crippen LogP contribution in [0.5, 0.6) is 0 Å². The zero-order valence-electron chi connectivity index (χ0n) is 14.2. The molecular formula is C16H24ClFN2O3S. The lowest BCUT2D eigenvalue weighted by atomic mass is 10.0. The summed E-state index contributed by atoms with van der Waals surface area (Å²) in [6, 6.07) is 0.921. The first-order chi connectivity index (χ1) is 11.3. The maximum atomic E-state index is 13.6. The maximum Gasteiger partial charge on any atom is 0.157 e. The molecule has 1 N–H and O–H groups in total. The second kappa shape index (κ2) is 8.78. The van der Waals surface area contributed by atoms with E-state index in [1.54, 1.807) is 0 Å².